The van der Waals surface area contributed by atoms with Crippen molar-refractivity contribution in [3.8, 4) is 45.7 Å². The normalized spacial score (nSPS) is 13.2. The van der Waals surface area contributed by atoms with E-state index in [2.05, 4.69) is 105 Å². The summed E-state index contributed by atoms with van der Waals surface area (Å²) in [6.07, 6.45) is 1.30. The first-order chi connectivity index (χ1) is 31.5. The number of rotatable bonds is 6. The van der Waals surface area contributed by atoms with Crippen LogP contribution in [0.2, 0.25) is 0 Å². The van der Waals surface area contributed by atoms with E-state index in [9.17, 15) is 5.26 Å². The topological polar surface area (TPSA) is 80.8 Å². The smallest absolute Gasteiger partial charge is 0.138 e. The Labute approximate surface area is 378 Å². The standard InChI is InChI=1S/C41H32N3O2.C13H12N.Ir/c1-23(2)32-20-27(39-25(5)28-11-6-9-16-36(28)45-39)21-33(24(3)4)38(32)44-35-15-8-7-14-34(35)43-41(44)31-13-10-12-30-29-18-17-26(22-42)19-37(29)46-40(30)31;1-10-3-6-12(7-4-10)13-8-5-11(2)9-14-13;/h6-12,14-21,23-24H,1-5H3;3-6,8-9H,1-2H3;/q2*-1;/i;1D3,2D3;. The molecule has 1 radical (unpaired) electrons. The minimum Gasteiger partial charge on any atom is -0.500 e. The average Bonchev–Trinajstić information content (AvgIpc) is 3.99. The number of benzene rings is 6. The second-order valence-corrected chi connectivity index (χ2v) is 15.6. The van der Waals surface area contributed by atoms with Crippen molar-refractivity contribution in [1.82, 2.24) is 14.5 Å². The van der Waals surface area contributed by atoms with Crippen LogP contribution in [0.25, 0.3) is 83.6 Å². The van der Waals surface area contributed by atoms with Gasteiger partial charge in [0.1, 0.15) is 16.9 Å². The number of furan rings is 2. The van der Waals surface area contributed by atoms with Crippen molar-refractivity contribution in [2.24, 2.45) is 0 Å². The van der Waals surface area contributed by atoms with Gasteiger partial charge >= 0.3 is 0 Å². The fourth-order valence-corrected chi connectivity index (χ4v) is 7.93. The van der Waals surface area contributed by atoms with Crippen LogP contribution in [0.3, 0.4) is 0 Å². The minimum atomic E-state index is -2.18. The summed E-state index contributed by atoms with van der Waals surface area (Å²) in [4.78, 5) is 9.31. The first kappa shape index (κ1) is 34.2. The Morgan fingerprint density at radius 1 is 0.754 bits per heavy atom. The summed E-state index contributed by atoms with van der Waals surface area (Å²) in [6, 6.07) is 46.8. The van der Waals surface area contributed by atoms with Crippen molar-refractivity contribution in [1.29, 1.82) is 5.26 Å². The van der Waals surface area contributed by atoms with Gasteiger partial charge in [-0.25, -0.2) is 0 Å². The van der Waals surface area contributed by atoms with E-state index >= 15 is 0 Å². The molecule has 61 heavy (non-hydrogen) atoms. The maximum atomic E-state index is 9.52. The third-order valence-electron chi connectivity index (χ3n) is 10.9. The molecule has 10 aromatic rings. The number of pyridine rings is 1. The summed E-state index contributed by atoms with van der Waals surface area (Å²) in [5.74, 6) is 2.09. The van der Waals surface area contributed by atoms with E-state index in [1.807, 2.05) is 42.5 Å². The summed E-state index contributed by atoms with van der Waals surface area (Å²) in [7, 11) is 0. The van der Waals surface area contributed by atoms with E-state index in [0.717, 1.165) is 66.7 Å². The number of hydrogen-bond donors (Lipinski definition) is 0. The van der Waals surface area contributed by atoms with Crippen LogP contribution < -0.4 is 0 Å². The van der Waals surface area contributed by atoms with Crippen LogP contribution in [0.1, 0.15) is 81.1 Å². The Kier molecular flexibility index (Phi) is 9.42. The Bertz CT molecular complexity index is 3400. The van der Waals surface area contributed by atoms with Crippen molar-refractivity contribution in [3.63, 3.8) is 0 Å². The van der Waals surface area contributed by atoms with E-state index in [4.69, 9.17) is 22.0 Å². The number of aryl methyl sites for hydroxylation is 3. The Morgan fingerprint density at radius 3 is 2.20 bits per heavy atom. The Hall–Kier alpha value is -6.58. The quantitative estimate of drug-likeness (QED) is 0.155. The van der Waals surface area contributed by atoms with Gasteiger partial charge in [0.05, 0.1) is 34.1 Å². The van der Waals surface area contributed by atoms with Gasteiger partial charge in [0, 0.05) is 62.1 Å². The van der Waals surface area contributed by atoms with Gasteiger partial charge in [-0.1, -0.05) is 94.0 Å². The number of hydrogen-bond acceptors (Lipinski definition) is 5. The molecule has 0 aliphatic heterocycles. The fraction of sp³-hybridized carbons (Fsp3) is 0.167. The Balaban J connectivity index is 0.000000244. The van der Waals surface area contributed by atoms with Gasteiger partial charge in [-0.3, -0.25) is 4.98 Å². The maximum Gasteiger partial charge on any atom is 0.138 e. The predicted octanol–water partition coefficient (Wildman–Crippen LogP) is 14.4. The first-order valence-electron chi connectivity index (χ1n) is 22.9. The SMILES string of the molecule is Cc1c(-c2cc(C(C)C)c(-n3c(-c4[c-]ccc5c4oc4cc(C#N)ccc45)nc4ccccc43)c(C(C)C)c2)oc2ccccc12.[2H]C([2H])([2H])c1c[c-]c(-c2ccc(C([2H])([2H])[2H])cn2)cc1.[Ir]. The monoisotopic (exact) mass is 979 g/mol. The number of fused-ring (bicyclic) bond motifs is 5. The van der Waals surface area contributed by atoms with Crippen molar-refractivity contribution in [2.75, 3.05) is 0 Å². The molecule has 10 rings (SSSR count). The second kappa shape index (κ2) is 16.8. The molecular formula is C54H44IrN4O2-2. The number of aromatic nitrogens is 3. The summed E-state index contributed by atoms with van der Waals surface area (Å²) < 4.78 is 58.9. The molecule has 0 spiro atoms. The molecule has 0 amide bonds. The summed E-state index contributed by atoms with van der Waals surface area (Å²) >= 11 is 0. The third-order valence-corrected chi connectivity index (χ3v) is 10.9. The van der Waals surface area contributed by atoms with Gasteiger partial charge in [0.2, 0.25) is 0 Å². The zero-order chi connectivity index (χ0) is 46.7. The van der Waals surface area contributed by atoms with E-state index in [1.165, 1.54) is 35.5 Å². The second-order valence-electron chi connectivity index (χ2n) is 15.6. The van der Waals surface area contributed by atoms with Crippen molar-refractivity contribution in [3.05, 3.63) is 173 Å². The maximum absolute atomic E-state index is 9.52. The van der Waals surface area contributed by atoms with Gasteiger partial charge in [-0.15, -0.1) is 53.6 Å². The van der Waals surface area contributed by atoms with Gasteiger partial charge in [0.15, 0.2) is 0 Å². The van der Waals surface area contributed by atoms with Crippen LogP contribution in [0.15, 0.2) is 136 Å². The summed E-state index contributed by atoms with van der Waals surface area (Å²) in [6.45, 7) is 6.79. The minimum absolute atomic E-state index is 0. The van der Waals surface area contributed by atoms with E-state index in [1.54, 1.807) is 18.2 Å². The summed E-state index contributed by atoms with van der Waals surface area (Å²) in [5.41, 5.74) is 12.8. The first-order valence-corrected chi connectivity index (χ1v) is 19.9. The molecule has 303 valence electrons. The number of para-hydroxylation sites is 3. The van der Waals surface area contributed by atoms with E-state index < -0.39 is 13.7 Å². The van der Waals surface area contributed by atoms with Crippen LogP contribution >= 0.6 is 0 Å². The number of nitrogens with zero attached hydrogens (tertiary/aromatic N) is 4. The molecule has 4 heterocycles. The van der Waals surface area contributed by atoms with Crippen LogP contribution in [0.4, 0.5) is 0 Å². The molecular weight excluding hydrogens is 929 g/mol. The van der Waals surface area contributed by atoms with Crippen LogP contribution in [0, 0.1) is 44.1 Å². The molecule has 0 atom stereocenters. The Morgan fingerprint density at radius 2 is 1.51 bits per heavy atom. The van der Waals surface area contributed by atoms with Gasteiger partial charge in [0.25, 0.3) is 0 Å². The summed E-state index contributed by atoms with van der Waals surface area (Å²) in [5, 5.41) is 12.6. The van der Waals surface area contributed by atoms with Crippen molar-refractivity contribution < 1.29 is 37.2 Å². The molecule has 0 aliphatic carbocycles. The van der Waals surface area contributed by atoms with E-state index in [-0.39, 0.29) is 43.1 Å². The largest absolute Gasteiger partial charge is 0.500 e. The molecule has 6 nitrogen and oxygen atoms in total. The molecule has 0 N–H and O–H groups in total. The molecule has 0 bridgehead atoms. The third kappa shape index (κ3) is 7.59. The predicted molar refractivity (Wildman–Crippen MR) is 243 cm³/mol. The number of imidazole rings is 1. The van der Waals surface area contributed by atoms with Gasteiger partial charge in [-0.05, 0) is 90.5 Å². The van der Waals surface area contributed by atoms with Crippen LogP contribution in [-0.2, 0) is 20.1 Å². The van der Waals surface area contributed by atoms with Gasteiger partial charge < -0.3 is 18.4 Å². The molecule has 7 heteroatoms. The molecule has 0 fully saturated rings. The molecule has 0 saturated carbocycles. The fourth-order valence-electron chi connectivity index (χ4n) is 7.93. The van der Waals surface area contributed by atoms with Crippen molar-refractivity contribution in [2.45, 2.75) is 60.2 Å². The molecule has 0 saturated heterocycles. The van der Waals surface area contributed by atoms with E-state index in [0.29, 0.717) is 28.0 Å². The molecule has 0 unspecified atom stereocenters. The van der Waals surface area contributed by atoms with Gasteiger partial charge in [-0.2, -0.15) is 5.26 Å². The molecule has 6 aromatic carbocycles. The van der Waals surface area contributed by atoms with Crippen LogP contribution in [0.5, 0.6) is 0 Å². The average molecular weight is 979 g/mol. The zero-order valence-corrected chi connectivity index (χ0v) is 36.6. The molecule has 0 aliphatic rings. The van der Waals surface area contributed by atoms with Crippen LogP contribution in [-0.4, -0.2) is 14.5 Å². The number of nitriles is 1. The molecule has 4 aromatic heterocycles. The van der Waals surface area contributed by atoms with Crippen molar-refractivity contribution >= 4 is 43.9 Å². The zero-order valence-electron chi connectivity index (χ0n) is 40.2.